The molecule has 0 saturated heterocycles. The Labute approximate surface area is 164 Å². The van der Waals surface area contributed by atoms with Crippen LogP contribution < -0.4 is 10.0 Å². The Bertz CT molecular complexity index is 1060. The highest BCUT2D eigenvalue weighted by Gasteiger charge is 2.42. The smallest absolute Gasteiger partial charge is 0.326 e. The molecule has 1 aromatic carbocycles. The second kappa shape index (κ2) is 7.10. The first kappa shape index (κ1) is 19.8. The van der Waals surface area contributed by atoms with E-state index in [-0.39, 0.29) is 54.8 Å². The summed E-state index contributed by atoms with van der Waals surface area (Å²) < 4.78 is 67.9. The predicted molar refractivity (Wildman–Crippen MR) is 95.3 cm³/mol. The van der Waals surface area contributed by atoms with Crippen molar-refractivity contribution in [3.8, 4) is 0 Å². The number of halogens is 3. The van der Waals surface area contributed by atoms with Crippen LogP contribution in [0.5, 0.6) is 0 Å². The average molecular weight is 429 g/mol. The maximum atomic E-state index is 12.9. The van der Waals surface area contributed by atoms with Crippen molar-refractivity contribution in [2.24, 2.45) is 5.92 Å². The molecule has 0 aliphatic carbocycles. The second-order valence-electron chi connectivity index (χ2n) is 7.11. The van der Waals surface area contributed by atoms with Gasteiger partial charge in [-0.15, -0.1) is 10.2 Å². The highest BCUT2D eigenvalue weighted by Crippen LogP contribution is 2.34. The standard InChI is InChI=1S/C17H18F3N5O3S/c18-17(19,20)11-5-6-25-14(8-11)23-24-15(25)9-21-29(27,28)12-2-3-13-10(7-12)1-4-16(26)22-13/h2-3,7,11,21H,1,4-6,8-9H2,(H,22,26)/t11-/m1/s1. The number of aryl methyl sites for hydroxylation is 1. The number of amides is 1. The Kier molecular flexibility index (Phi) is 4.85. The summed E-state index contributed by atoms with van der Waals surface area (Å²) in [5.74, 6) is -1.10. The Balaban J connectivity index is 1.47. The van der Waals surface area contributed by atoms with Gasteiger partial charge in [0.25, 0.3) is 0 Å². The Morgan fingerprint density at radius 3 is 2.79 bits per heavy atom. The summed E-state index contributed by atoms with van der Waals surface area (Å²) >= 11 is 0. The Morgan fingerprint density at radius 2 is 2.03 bits per heavy atom. The van der Waals surface area contributed by atoms with Crippen molar-refractivity contribution in [2.75, 3.05) is 5.32 Å². The molecule has 12 heteroatoms. The monoisotopic (exact) mass is 429 g/mol. The van der Waals surface area contributed by atoms with Crippen LogP contribution in [0.4, 0.5) is 18.9 Å². The van der Waals surface area contributed by atoms with Crippen LogP contribution >= 0.6 is 0 Å². The zero-order valence-corrected chi connectivity index (χ0v) is 16.0. The number of carbonyl (C=O) groups excluding carboxylic acids is 1. The third kappa shape index (κ3) is 3.99. The second-order valence-corrected chi connectivity index (χ2v) is 8.87. The summed E-state index contributed by atoms with van der Waals surface area (Å²) in [5.41, 5.74) is 1.32. The van der Waals surface area contributed by atoms with Gasteiger partial charge in [-0.05, 0) is 36.6 Å². The Hall–Kier alpha value is -2.47. The molecular weight excluding hydrogens is 411 g/mol. The number of anilines is 1. The first-order valence-corrected chi connectivity index (χ1v) is 10.5. The molecule has 2 aliphatic rings. The fourth-order valence-electron chi connectivity index (χ4n) is 3.57. The van der Waals surface area contributed by atoms with Crippen molar-refractivity contribution >= 4 is 21.6 Å². The molecule has 1 aromatic heterocycles. The van der Waals surface area contributed by atoms with E-state index in [0.717, 1.165) is 5.56 Å². The van der Waals surface area contributed by atoms with E-state index in [4.69, 9.17) is 0 Å². The zero-order chi connectivity index (χ0) is 20.8. The highest BCUT2D eigenvalue weighted by atomic mass is 32.2. The van der Waals surface area contributed by atoms with Gasteiger partial charge in [-0.25, -0.2) is 13.1 Å². The molecule has 3 heterocycles. The zero-order valence-electron chi connectivity index (χ0n) is 15.2. The average Bonchev–Trinajstić information content (AvgIpc) is 3.07. The summed E-state index contributed by atoms with van der Waals surface area (Å²) in [6, 6.07) is 4.43. The molecule has 0 unspecified atom stereocenters. The molecule has 2 aliphatic heterocycles. The maximum Gasteiger partial charge on any atom is 0.392 e. The lowest BCUT2D eigenvalue weighted by atomic mass is 9.97. The van der Waals surface area contributed by atoms with Crippen LogP contribution in [0.15, 0.2) is 23.1 Å². The molecule has 0 spiro atoms. The van der Waals surface area contributed by atoms with Crippen LogP contribution in [-0.4, -0.2) is 35.3 Å². The van der Waals surface area contributed by atoms with Gasteiger partial charge in [0.05, 0.1) is 17.4 Å². The van der Waals surface area contributed by atoms with Crippen molar-refractivity contribution in [3.63, 3.8) is 0 Å². The molecular formula is C17H18F3N5O3S. The summed E-state index contributed by atoms with van der Waals surface area (Å²) in [7, 11) is -3.87. The van der Waals surface area contributed by atoms with Crippen molar-refractivity contribution in [2.45, 2.75) is 49.8 Å². The SMILES string of the molecule is O=C1CCc2cc(S(=O)(=O)NCc3nnc4n3CC[C@@H](C(F)(F)F)C4)ccc2N1. The Morgan fingerprint density at radius 1 is 1.24 bits per heavy atom. The minimum absolute atomic E-state index is 0.0444. The van der Waals surface area contributed by atoms with Gasteiger partial charge in [-0.2, -0.15) is 13.2 Å². The molecule has 4 rings (SSSR count). The van der Waals surface area contributed by atoms with Crippen molar-refractivity contribution in [1.82, 2.24) is 19.5 Å². The summed E-state index contributed by atoms with van der Waals surface area (Å²) in [6.45, 7) is -0.0953. The minimum atomic E-state index is -4.29. The molecule has 0 bridgehead atoms. The third-order valence-electron chi connectivity index (χ3n) is 5.20. The maximum absolute atomic E-state index is 12.9. The number of sulfonamides is 1. The normalized spacial score (nSPS) is 19.4. The van der Waals surface area contributed by atoms with E-state index in [1.807, 2.05) is 0 Å². The predicted octanol–water partition coefficient (Wildman–Crippen LogP) is 1.77. The van der Waals surface area contributed by atoms with Gasteiger partial charge in [0.15, 0.2) is 0 Å². The first-order valence-electron chi connectivity index (χ1n) is 9.03. The lowest BCUT2D eigenvalue weighted by Crippen LogP contribution is -2.32. The summed E-state index contributed by atoms with van der Waals surface area (Å²) in [5, 5.41) is 10.3. The van der Waals surface area contributed by atoms with E-state index in [1.54, 1.807) is 0 Å². The van der Waals surface area contributed by atoms with E-state index in [9.17, 15) is 26.4 Å². The molecule has 2 N–H and O–H groups in total. The van der Waals surface area contributed by atoms with Gasteiger partial charge in [-0.3, -0.25) is 4.79 Å². The minimum Gasteiger partial charge on any atom is -0.326 e. The summed E-state index contributed by atoms with van der Waals surface area (Å²) in [4.78, 5) is 11.5. The molecule has 0 fully saturated rings. The number of nitrogens with zero attached hydrogens (tertiary/aromatic N) is 3. The molecule has 1 atom stereocenters. The lowest BCUT2D eigenvalue weighted by Gasteiger charge is -2.25. The molecule has 1 amide bonds. The van der Waals surface area contributed by atoms with E-state index in [0.29, 0.717) is 12.1 Å². The van der Waals surface area contributed by atoms with Crippen LogP contribution in [0.3, 0.4) is 0 Å². The number of alkyl halides is 3. The van der Waals surface area contributed by atoms with E-state index < -0.39 is 22.1 Å². The molecule has 0 saturated carbocycles. The number of fused-ring (bicyclic) bond motifs is 2. The van der Waals surface area contributed by atoms with Gasteiger partial charge in [0.2, 0.25) is 15.9 Å². The van der Waals surface area contributed by atoms with Crippen LogP contribution in [0.2, 0.25) is 0 Å². The highest BCUT2D eigenvalue weighted by molar-refractivity contribution is 7.89. The van der Waals surface area contributed by atoms with Crippen LogP contribution in [0.25, 0.3) is 0 Å². The van der Waals surface area contributed by atoms with Gasteiger partial charge >= 0.3 is 6.18 Å². The van der Waals surface area contributed by atoms with Crippen molar-refractivity contribution < 1.29 is 26.4 Å². The van der Waals surface area contributed by atoms with Gasteiger partial charge in [0.1, 0.15) is 11.6 Å². The lowest BCUT2D eigenvalue weighted by molar-refractivity contribution is -0.179. The molecule has 0 radical (unpaired) electrons. The number of aromatic nitrogens is 3. The number of hydrogen-bond acceptors (Lipinski definition) is 5. The van der Waals surface area contributed by atoms with Gasteiger partial charge in [0, 0.05) is 25.1 Å². The number of nitrogens with one attached hydrogen (secondary N) is 2. The first-order chi connectivity index (χ1) is 13.6. The van der Waals surface area contributed by atoms with Gasteiger partial charge in [-0.1, -0.05) is 0 Å². The van der Waals surface area contributed by atoms with Crippen LogP contribution in [0.1, 0.15) is 30.1 Å². The summed E-state index contributed by atoms with van der Waals surface area (Å²) in [6.07, 6.45) is -3.91. The van der Waals surface area contributed by atoms with Crippen LogP contribution in [-0.2, 0) is 40.7 Å². The molecule has 29 heavy (non-hydrogen) atoms. The molecule has 8 nitrogen and oxygen atoms in total. The largest absolute Gasteiger partial charge is 0.392 e. The topological polar surface area (TPSA) is 106 Å². The van der Waals surface area contributed by atoms with Crippen LogP contribution in [0, 0.1) is 5.92 Å². The fourth-order valence-corrected chi connectivity index (χ4v) is 4.60. The van der Waals surface area contributed by atoms with E-state index in [2.05, 4.69) is 20.2 Å². The number of carbonyl (C=O) groups is 1. The molecule has 156 valence electrons. The van der Waals surface area contributed by atoms with Gasteiger partial charge < -0.3 is 9.88 Å². The third-order valence-corrected chi connectivity index (χ3v) is 6.60. The van der Waals surface area contributed by atoms with E-state index >= 15 is 0 Å². The number of hydrogen-bond donors (Lipinski definition) is 2. The number of rotatable bonds is 4. The molecule has 2 aromatic rings. The van der Waals surface area contributed by atoms with E-state index in [1.165, 1.54) is 22.8 Å². The fraction of sp³-hybridized carbons (Fsp3) is 0.471. The number of benzene rings is 1. The quantitative estimate of drug-likeness (QED) is 0.771. The van der Waals surface area contributed by atoms with Crippen molar-refractivity contribution in [1.29, 1.82) is 0 Å². The van der Waals surface area contributed by atoms with Crippen molar-refractivity contribution in [3.05, 3.63) is 35.4 Å².